The van der Waals surface area contributed by atoms with Crippen molar-refractivity contribution in [2.45, 2.75) is 55.9 Å². The normalized spacial score (nSPS) is 31.6. The van der Waals surface area contributed by atoms with Crippen molar-refractivity contribution in [1.82, 2.24) is 29.3 Å². The predicted molar refractivity (Wildman–Crippen MR) is 103 cm³/mol. The molecule has 0 spiro atoms. The lowest BCUT2D eigenvalue weighted by molar-refractivity contribution is -0.0511. The third-order valence-electron chi connectivity index (χ3n) is 5.71. The number of rotatable bonds is 5. The van der Waals surface area contributed by atoms with Crippen LogP contribution in [0.4, 0.5) is 5.82 Å². The Morgan fingerprint density at radius 1 is 1.17 bits per heavy atom. The molecule has 0 radical (unpaired) electrons. The summed E-state index contributed by atoms with van der Waals surface area (Å²) < 4.78 is 8.63. The number of aromatic nitrogens is 6. The SMILES string of the molecule is OC[C@H]1O[C@@H](n2cnc3c(N[C@@H]4CCC[C@H]4O)nc(-n4cccn4)nc32)C(O)C1O. The van der Waals surface area contributed by atoms with Crippen molar-refractivity contribution in [2.75, 3.05) is 11.9 Å². The number of nitrogens with zero attached hydrogens (tertiary/aromatic N) is 6. The van der Waals surface area contributed by atoms with E-state index in [2.05, 4.69) is 25.4 Å². The van der Waals surface area contributed by atoms with Gasteiger partial charge < -0.3 is 30.5 Å². The average molecular weight is 417 g/mol. The molecule has 12 nitrogen and oxygen atoms in total. The van der Waals surface area contributed by atoms with Crippen molar-refractivity contribution in [3.05, 3.63) is 24.8 Å². The largest absolute Gasteiger partial charge is 0.394 e. The van der Waals surface area contributed by atoms with Crippen LogP contribution in [0.2, 0.25) is 0 Å². The Hall–Kier alpha value is -2.64. The molecule has 1 saturated heterocycles. The summed E-state index contributed by atoms with van der Waals surface area (Å²) in [6, 6.07) is 1.58. The number of aliphatic hydroxyl groups is 4. The molecule has 2 fully saturated rings. The summed E-state index contributed by atoms with van der Waals surface area (Å²) in [4.78, 5) is 13.5. The highest BCUT2D eigenvalue weighted by Gasteiger charge is 2.44. The lowest BCUT2D eigenvalue weighted by atomic mass is 10.1. The first kappa shape index (κ1) is 19.3. The second-order valence-corrected chi connectivity index (χ2v) is 7.62. The van der Waals surface area contributed by atoms with Gasteiger partial charge in [0, 0.05) is 12.4 Å². The van der Waals surface area contributed by atoms with Gasteiger partial charge in [-0.3, -0.25) is 4.57 Å². The molecule has 1 saturated carbocycles. The average Bonchev–Trinajstić information content (AvgIpc) is 3.52. The van der Waals surface area contributed by atoms with E-state index in [0.29, 0.717) is 17.0 Å². The number of imidazole rings is 1. The maximum Gasteiger partial charge on any atom is 0.254 e. The number of aliphatic hydroxyl groups excluding tert-OH is 4. The summed E-state index contributed by atoms with van der Waals surface area (Å²) >= 11 is 0. The van der Waals surface area contributed by atoms with E-state index in [9.17, 15) is 20.4 Å². The van der Waals surface area contributed by atoms with E-state index in [0.717, 1.165) is 19.3 Å². The van der Waals surface area contributed by atoms with Crippen molar-refractivity contribution in [2.24, 2.45) is 0 Å². The van der Waals surface area contributed by atoms with Crippen LogP contribution in [0.1, 0.15) is 25.5 Å². The molecule has 30 heavy (non-hydrogen) atoms. The van der Waals surface area contributed by atoms with Crippen LogP contribution >= 0.6 is 0 Å². The minimum absolute atomic E-state index is 0.160. The second-order valence-electron chi connectivity index (χ2n) is 7.62. The summed E-state index contributed by atoms with van der Waals surface area (Å²) in [6.45, 7) is -0.429. The first-order valence-corrected chi connectivity index (χ1v) is 9.88. The lowest BCUT2D eigenvalue weighted by Gasteiger charge is -2.19. The summed E-state index contributed by atoms with van der Waals surface area (Å²) in [5, 5.41) is 47.6. The van der Waals surface area contributed by atoms with E-state index in [4.69, 9.17) is 4.74 Å². The van der Waals surface area contributed by atoms with E-state index >= 15 is 0 Å². The minimum Gasteiger partial charge on any atom is -0.394 e. The van der Waals surface area contributed by atoms with E-state index < -0.39 is 37.3 Å². The Bertz CT molecular complexity index is 1030. The molecule has 3 aromatic rings. The standard InChI is InChI=1S/C18H23N7O5/c26-7-11-13(28)14(29)17(30-11)24-8-19-12-15(21-9-3-1-4-10(9)27)22-18(23-16(12)24)25-6-2-5-20-25/h2,5-6,8-11,13-14,17,26-29H,1,3-4,7H2,(H,21,22,23)/t9-,10-,11-,13?,14?,17-/m1/s1. The van der Waals surface area contributed by atoms with E-state index in [1.54, 1.807) is 18.5 Å². The second kappa shape index (κ2) is 7.56. The molecule has 6 atom stereocenters. The fourth-order valence-corrected chi connectivity index (χ4v) is 4.08. The van der Waals surface area contributed by atoms with E-state index in [-0.39, 0.29) is 12.0 Å². The predicted octanol–water partition coefficient (Wildman–Crippen LogP) is -1.05. The Morgan fingerprint density at radius 2 is 2.03 bits per heavy atom. The Morgan fingerprint density at radius 3 is 2.70 bits per heavy atom. The van der Waals surface area contributed by atoms with Gasteiger partial charge in [-0.1, -0.05) is 0 Å². The lowest BCUT2D eigenvalue weighted by Crippen LogP contribution is -2.33. The fourth-order valence-electron chi connectivity index (χ4n) is 4.08. The summed E-state index contributed by atoms with van der Waals surface area (Å²) in [5.41, 5.74) is 0.795. The van der Waals surface area contributed by atoms with Gasteiger partial charge >= 0.3 is 0 Å². The van der Waals surface area contributed by atoms with Crippen molar-refractivity contribution in [1.29, 1.82) is 0 Å². The number of hydrogen-bond donors (Lipinski definition) is 5. The third-order valence-corrected chi connectivity index (χ3v) is 5.71. The topological polar surface area (TPSA) is 164 Å². The number of nitrogens with one attached hydrogen (secondary N) is 1. The number of fused-ring (bicyclic) bond motifs is 1. The van der Waals surface area contributed by atoms with Crippen LogP contribution in [-0.2, 0) is 4.74 Å². The maximum absolute atomic E-state index is 10.4. The first-order valence-electron chi connectivity index (χ1n) is 9.88. The fraction of sp³-hybridized carbons (Fsp3) is 0.556. The molecule has 4 heterocycles. The molecule has 1 aliphatic heterocycles. The molecule has 0 bridgehead atoms. The highest BCUT2D eigenvalue weighted by molar-refractivity contribution is 5.84. The van der Waals surface area contributed by atoms with Crippen LogP contribution in [0.3, 0.4) is 0 Å². The molecule has 0 amide bonds. The summed E-state index contributed by atoms with van der Waals surface area (Å²) in [7, 11) is 0. The monoisotopic (exact) mass is 417 g/mol. The van der Waals surface area contributed by atoms with Gasteiger partial charge in [0.2, 0.25) is 0 Å². The van der Waals surface area contributed by atoms with Crippen LogP contribution in [0.15, 0.2) is 24.8 Å². The molecule has 5 rings (SSSR count). The van der Waals surface area contributed by atoms with Gasteiger partial charge in [-0.25, -0.2) is 9.67 Å². The van der Waals surface area contributed by atoms with Gasteiger partial charge in [0.1, 0.15) is 18.3 Å². The van der Waals surface area contributed by atoms with Gasteiger partial charge in [0.25, 0.3) is 5.95 Å². The Labute approximate surface area is 170 Å². The zero-order chi connectivity index (χ0) is 20.8. The Balaban J connectivity index is 1.60. The molecule has 2 aliphatic rings. The smallest absolute Gasteiger partial charge is 0.254 e. The molecule has 3 aromatic heterocycles. The van der Waals surface area contributed by atoms with E-state index in [1.807, 2.05) is 0 Å². The van der Waals surface area contributed by atoms with Crippen molar-refractivity contribution in [3.8, 4) is 5.95 Å². The third kappa shape index (κ3) is 3.13. The van der Waals surface area contributed by atoms with Crippen LogP contribution in [-0.4, -0.2) is 86.8 Å². The van der Waals surface area contributed by atoms with Gasteiger partial charge in [0.15, 0.2) is 23.2 Å². The zero-order valence-electron chi connectivity index (χ0n) is 16.0. The molecule has 5 N–H and O–H groups in total. The molecule has 160 valence electrons. The zero-order valence-corrected chi connectivity index (χ0v) is 16.0. The molecular weight excluding hydrogens is 394 g/mol. The number of anilines is 1. The summed E-state index contributed by atoms with van der Waals surface area (Å²) in [6.07, 6.45) is 2.30. The quantitative estimate of drug-likeness (QED) is 0.346. The molecule has 12 heteroatoms. The molecule has 1 aliphatic carbocycles. The molecular formula is C18H23N7O5. The molecule has 2 unspecified atom stereocenters. The van der Waals surface area contributed by atoms with Crippen molar-refractivity contribution in [3.63, 3.8) is 0 Å². The highest BCUT2D eigenvalue weighted by Crippen LogP contribution is 2.33. The van der Waals surface area contributed by atoms with Crippen LogP contribution in [0.25, 0.3) is 17.1 Å². The van der Waals surface area contributed by atoms with Crippen LogP contribution < -0.4 is 5.32 Å². The van der Waals surface area contributed by atoms with Crippen molar-refractivity contribution >= 4 is 17.0 Å². The number of hydrogen-bond acceptors (Lipinski definition) is 10. The first-order chi connectivity index (χ1) is 14.6. The Kier molecular flexibility index (Phi) is 4.87. The van der Waals surface area contributed by atoms with Crippen LogP contribution in [0.5, 0.6) is 0 Å². The molecule has 0 aromatic carbocycles. The van der Waals surface area contributed by atoms with Gasteiger partial charge in [-0.2, -0.15) is 15.1 Å². The van der Waals surface area contributed by atoms with Crippen molar-refractivity contribution < 1.29 is 25.2 Å². The highest BCUT2D eigenvalue weighted by atomic mass is 16.6. The maximum atomic E-state index is 10.4. The van der Waals surface area contributed by atoms with Gasteiger partial charge in [0.05, 0.1) is 25.1 Å². The van der Waals surface area contributed by atoms with Gasteiger partial charge in [-0.15, -0.1) is 0 Å². The van der Waals surface area contributed by atoms with Crippen LogP contribution in [0, 0.1) is 0 Å². The summed E-state index contributed by atoms with van der Waals surface area (Å²) in [5.74, 6) is 0.706. The minimum atomic E-state index is -1.27. The van der Waals surface area contributed by atoms with E-state index in [1.165, 1.54) is 15.6 Å². The number of ether oxygens (including phenoxy) is 1. The van der Waals surface area contributed by atoms with Gasteiger partial charge in [-0.05, 0) is 25.3 Å².